The van der Waals surface area contributed by atoms with E-state index in [1.165, 1.54) is 25.5 Å². The maximum Gasteiger partial charge on any atom is 0.338 e. The zero-order valence-electron chi connectivity index (χ0n) is 14.6. The van der Waals surface area contributed by atoms with Gasteiger partial charge in [0, 0.05) is 10.6 Å². The third-order valence-corrected chi connectivity index (χ3v) is 4.31. The lowest BCUT2D eigenvalue weighted by Gasteiger charge is -2.04. The van der Waals surface area contributed by atoms with E-state index in [4.69, 9.17) is 32.4 Å². The van der Waals surface area contributed by atoms with Gasteiger partial charge in [0.2, 0.25) is 0 Å². The average Bonchev–Trinajstić information content (AvgIpc) is 3.16. The van der Waals surface area contributed by atoms with Crippen LogP contribution in [0.3, 0.4) is 0 Å². The molecule has 0 aliphatic carbocycles. The largest absolute Gasteiger partial charge is 0.465 e. The highest BCUT2D eigenvalue weighted by Gasteiger charge is 2.15. The topological polar surface area (TPSA) is 80.9 Å². The van der Waals surface area contributed by atoms with Crippen molar-refractivity contribution in [2.24, 2.45) is 5.10 Å². The molecule has 0 aliphatic heterocycles. The van der Waals surface area contributed by atoms with E-state index in [-0.39, 0.29) is 10.6 Å². The summed E-state index contributed by atoms with van der Waals surface area (Å²) in [6, 6.07) is 14.8. The number of hydrogen-bond donors (Lipinski definition) is 1. The molecule has 0 saturated carbocycles. The van der Waals surface area contributed by atoms with Crippen molar-refractivity contribution in [1.29, 1.82) is 0 Å². The van der Waals surface area contributed by atoms with E-state index < -0.39 is 11.9 Å². The third kappa shape index (κ3) is 4.42. The lowest BCUT2D eigenvalue weighted by Crippen LogP contribution is -2.17. The number of methoxy groups -OCH3 is 1. The van der Waals surface area contributed by atoms with Crippen LogP contribution in [0.2, 0.25) is 10.0 Å². The Morgan fingerprint density at radius 2 is 1.86 bits per heavy atom. The summed E-state index contributed by atoms with van der Waals surface area (Å²) in [5.41, 5.74) is 3.58. The predicted molar refractivity (Wildman–Crippen MR) is 107 cm³/mol. The van der Waals surface area contributed by atoms with E-state index in [1.54, 1.807) is 42.5 Å². The summed E-state index contributed by atoms with van der Waals surface area (Å²) in [7, 11) is 1.31. The average molecular weight is 417 g/mol. The fraction of sp³-hybridized carbons (Fsp3) is 0.0500. The number of amides is 1. The van der Waals surface area contributed by atoms with Gasteiger partial charge in [-0.1, -0.05) is 41.4 Å². The SMILES string of the molecule is COC(=O)c1ccccc1-c1ccc(/C=N\NC(=O)c2ccc(Cl)cc2Cl)o1. The Kier molecular flexibility index (Phi) is 6.13. The number of furan rings is 1. The summed E-state index contributed by atoms with van der Waals surface area (Å²) in [6.45, 7) is 0. The molecule has 1 amide bonds. The fourth-order valence-electron chi connectivity index (χ4n) is 2.44. The number of esters is 1. The first-order chi connectivity index (χ1) is 13.5. The molecule has 1 heterocycles. The molecule has 1 N–H and O–H groups in total. The standard InChI is InChI=1S/C20H14Cl2N2O4/c1-27-20(26)15-5-3-2-4-14(15)18-9-7-13(28-18)11-23-24-19(25)16-8-6-12(21)10-17(16)22/h2-11H,1H3,(H,24,25)/b23-11-. The Hall–Kier alpha value is -3.09. The third-order valence-electron chi connectivity index (χ3n) is 3.76. The van der Waals surface area contributed by atoms with E-state index in [0.717, 1.165) is 0 Å². The molecule has 28 heavy (non-hydrogen) atoms. The molecule has 2 aromatic carbocycles. The number of nitrogens with one attached hydrogen (secondary N) is 1. The van der Waals surface area contributed by atoms with Gasteiger partial charge < -0.3 is 9.15 Å². The van der Waals surface area contributed by atoms with Crippen LogP contribution >= 0.6 is 23.2 Å². The molecule has 0 unspecified atom stereocenters. The number of halogens is 2. The van der Waals surface area contributed by atoms with E-state index in [2.05, 4.69) is 10.5 Å². The van der Waals surface area contributed by atoms with Gasteiger partial charge >= 0.3 is 5.97 Å². The Morgan fingerprint density at radius 3 is 2.61 bits per heavy atom. The molecule has 3 aromatic rings. The van der Waals surface area contributed by atoms with Crippen LogP contribution in [0.1, 0.15) is 26.5 Å². The van der Waals surface area contributed by atoms with E-state index >= 15 is 0 Å². The molecule has 8 heteroatoms. The van der Waals surface area contributed by atoms with Crippen LogP contribution in [0.25, 0.3) is 11.3 Å². The highest BCUT2D eigenvalue weighted by molar-refractivity contribution is 6.36. The molecule has 3 rings (SSSR count). The molecule has 0 saturated heterocycles. The summed E-state index contributed by atoms with van der Waals surface area (Å²) in [5.74, 6) is -0.0956. The lowest BCUT2D eigenvalue weighted by atomic mass is 10.1. The number of ether oxygens (including phenoxy) is 1. The van der Waals surface area contributed by atoms with E-state index in [0.29, 0.717) is 27.7 Å². The van der Waals surface area contributed by atoms with Crippen LogP contribution in [0.15, 0.2) is 64.1 Å². The lowest BCUT2D eigenvalue weighted by molar-refractivity contribution is 0.0601. The minimum atomic E-state index is -0.485. The van der Waals surface area contributed by atoms with Crippen molar-refractivity contribution in [3.05, 3.63) is 81.5 Å². The smallest absolute Gasteiger partial charge is 0.338 e. The minimum Gasteiger partial charge on any atom is -0.465 e. The van der Waals surface area contributed by atoms with Gasteiger partial charge in [0.05, 0.1) is 29.5 Å². The second kappa shape index (κ2) is 8.73. The highest BCUT2D eigenvalue weighted by Crippen LogP contribution is 2.26. The van der Waals surface area contributed by atoms with Gasteiger partial charge in [0.25, 0.3) is 5.91 Å². The van der Waals surface area contributed by atoms with Crippen LogP contribution in [0.4, 0.5) is 0 Å². The maximum absolute atomic E-state index is 12.1. The number of rotatable bonds is 5. The van der Waals surface area contributed by atoms with Gasteiger partial charge in [-0.3, -0.25) is 4.79 Å². The summed E-state index contributed by atoms with van der Waals surface area (Å²) in [5, 5.41) is 4.51. The van der Waals surface area contributed by atoms with Crippen molar-refractivity contribution in [1.82, 2.24) is 5.43 Å². The first kappa shape index (κ1) is 19.7. The number of hydrogen-bond acceptors (Lipinski definition) is 5. The number of carbonyl (C=O) groups is 2. The fourth-order valence-corrected chi connectivity index (χ4v) is 2.94. The van der Waals surface area contributed by atoms with Crippen molar-refractivity contribution in [2.75, 3.05) is 7.11 Å². The van der Waals surface area contributed by atoms with E-state index in [9.17, 15) is 9.59 Å². The molecular weight excluding hydrogens is 403 g/mol. The van der Waals surface area contributed by atoms with Gasteiger partial charge in [-0.2, -0.15) is 5.10 Å². The zero-order valence-corrected chi connectivity index (χ0v) is 16.1. The minimum absolute atomic E-state index is 0.222. The molecule has 0 bridgehead atoms. The van der Waals surface area contributed by atoms with Crippen LogP contribution in [0, 0.1) is 0 Å². The number of nitrogens with zero attached hydrogens (tertiary/aromatic N) is 1. The molecule has 0 fully saturated rings. The van der Waals surface area contributed by atoms with Crippen molar-refractivity contribution in [3.8, 4) is 11.3 Å². The van der Waals surface area contributed by atoms with Crippen molar-refractivity contribution in [2.45, 2.75) is 0 Å². The second-order valence-electron chi connectivity index (χ2n) is 5.56. The zero-order chi connectivity index (χ0) is 20.1. The molecule has 0 atom stereocenters. The van der Waals surface area contributed by atoms with Gasteiger partial charge in [-0.25, -0.2) is 10.2 Å². The quantitative estimate of drug-likeness (QED) is 0.367. The molecule has 0 radical (unpaired) electrons. The molecule has 142 valence electrons. The number of hydrazone groups is 1. The van der Waals surface area contributed by atoms with E-state index in [1.807, 2.05) is 0 Å². The van der Waals surface area contributed by atoms with Gasteiger partial charge in [0.1, 0.15) is 11.5 Å². The normalized spacial score (nSPS) is 10.8. The first-order valence-corrected chi connectivity index (χ1v) is 8.81. The van der Waals surface area contributed by atoms with Gasteiger partial charge in [-0.05, 0) is 36.4 Å². The van der Waals surface area contributed by atoms with Gasteiger partial charge in [-0.15, -0.1) is 0 Å². The van der Waals surface area contributed by atoms with Crippen LogP contribution in [0.5, 0.6) is 0 Å². The van der Waals surface area contributed by atoms with Crippen molar-refractivity contribution < 1.29 is 18.7 Å². The molecule has 1 aromatic heterocycles. The Morgan fingerprint density at radius 1 is 1.07 bits per heavy atom. The molecule has 6 nitrogen and oxygen atoms in total. The summed E-state index contributed by atoms with van der Waals surface area (Å²) in [4.78, 5) is 24.0. The molecule has 0 spiro atoms. The molecule has 0 aliphatic rings. The maximum atomic E-state index is 12.1. The second-order valence-corrected chi connectivity index (χ2v) is 6.41. The Bertz CT molecular complexity index is 1060. The highest BCUT2D eigenvalue weighted by atomic mass is 35.5. The van der Waals surface area contributed by atoms with Crippen LogP contribution < -0.4 is 5.43 Å². The summed E-state index contributed by atoms with van der Waals surface area (Å²) < 4.78 is 10.5. The van der Waals surface area contributed by atoms with Crippen molar-refractivity contribution in [3.63, 3.8) is 0 Å². The summed E-state index contributed by atoms with van der Waals surface area (Å²) in [6.07, 6.45) is 1.34. The predicted octanol–water partition coefficient (Wildman–Crippen LogP) is 4.80. The first-order valence-electron chi connectivity index (χ1n) is 8.05. The summed E-state index contributed by atoms with van der Waals surface area (Å²) >= 11 is 11.8. The van der Waals surface area contributed by atoms with Crippen molar-refractivity contribution >= 4 is 41.3 Å². The van der Waals surface area contributed by atoms with Crippen LogP contribution in [-0.2, 0) is 4.74 Å². The van der Waals surface area contributed by atoms with Gasteiger partial charge in [0.15, 0.2) is 0 Å². The monoisotopic (exact) mass is 416 g/mol. The number of benzene rings is 2. The number of carbonyl (C=O) groups excluding carboxylic acids is 2. The Labute approximate surface area is 170 Å². The molecular formula is C20H14Cl2N2O4. The Balaban J connectivity index is 1.73. The van der Waals surface area contributed by atoms with Crippen LogP contribution in [-0.4, -0.2) is 25.2 Å².